The Balaban J connectivity index is 3.06. The van der Waals surface area contributed by atoms with Crippen LogP contribution in [-0.2, 0) is 0 Å². The number of hydrogen-bond acceptors (Lipinski definition) is 5. The summed E-state index contributed by atoms with van der Waals surface area (Å²) in [6, 6.07) is 3.78. The molecule has 5 nitrogen and oxygen atoms in total. The maximum Gasteiger partial charge on any atom is 0.203 e. The monoisotopic (exact) mass is 255 g/mol. The Labute approximate surface area is 108 Å². The summed E-state index contributed by atoms with van der Waals surface area (Å²) in [4.78, 5) is 2.03. The van der Waals surface area contributed by atoms with Gasteiger partial charge in [0.1, 0.15) is 0 Å². The Hall–Kier alpha value is -1.62. The summed E-state index contributed by atoms with van der Waals surface area (Å²) in [5.74, 6) is 1.84. The van der Waals surface area contributed by atoms with E-state index in [9.17, 15) is 0 Å². The Bertz CT molecular complexity index is 356. The molecule has 0 radical (unpaired) electrons. The van der Waals surface area contributed by atoms with Crippen molar-refractivity contribution in [2.24, 2.45) is 0 Å². The number of nitrogens with zero attached hydrogens (tertiary/aromatic N) is 1. The SMILES string of the molecule is COc1cc(N(C)CCCO)cc(OC)c1OC. The van der Waals surface area contributed by atoms with Gasteiger partial charge >= 0.3 is 0 Å². The zero-order valence-corrected chi connectivity index (χ0v) is 11.4. The van der Waals surface area contributed by atoms with Gasteiger partial charge in [-0.05, 0) is 6.42 Å². The van der Waals surface area contributed by atoms with E-state index in [0.717, 1.165) is 12.2 Å². The van der Waals surface area contributed by atoms with E-state index >= 15 is 0 Å². The third-order valence-electron chi connectivity index (χ3n) is 2.74. The van der Waals surface area contributed by atoms with Gasteiger partial charge in [-0.3, -0.25) is 0 Å². The topological polar surface area (TPSA) is 51.2 Å². The van der Waals surface area contributed by atoms with Crippen molar-refractivity contribution in [2.45, 2.75) is 6.42 Å². The van der Waals surface area contributed by atoms with Crippen molar-refractivity contribution in [3.05, 3.63) is 12.1 Å². The first-order chi connectivity index (χ1) is 8.67. The van der Waals surface area contributed by atoms with Gasteiger partial charge < -0.3 is 24.2 Å². The summed E-state index contributed by atoms with van der Waals surface area (Å²) in [6.45, 7) is 0.934. The van der Waals surface area contributed by atoms with E-state index in [1.54, 1.807) is 21.3 Å². The molecule has 0 saturated heterocycles. The Morgan fingerprint density at radius 2 is 1.61 bits per heavy atom. The first-order valence-electron chi connectivity index (χ1n) is 5.80. The Morgan fingerprint density at radius 3 is 2.00 bits per heavy atom. The molecule has 0 aromatic heterocycles. The molecule has 0 heterocycles. The van der Waals surface area contributed by atoms with Crippen LogP contribution in [0, 0.1) is 0 Å². The fourth-order valence-electron chi connectivity index (χ4n) is 1.72. The molecule has 0 aliphatic carbocycles. The second kappa shape index (κ2) is 6.96. The molecule has 102 valence electrons. The molecule has 0 fully saturated rings. The average molecular weight is 255 g/mol. The fraction of sp³-hybridized carbons (Fsp3) is 0.538. The van der Waals surface area contributed by atoms with Crippen molar-refractivity contribution >= 4 is 5.69 Å². The number of benzene rings is 1. The van der Waals surface area contributed by atoms with Gasteiger partial charge in [-0.25, -0.2) is 0 Å². The second-order valence-electron chi connectivity index (χ2n) is 3.88. The number of aliphatic hydroxyl groups is 1. The first-order valence-corrected chi connectivity index (χ1v) is 5.80. The summed E-state index contributed by atoms with van der Waals surface area (Å²) in [6.07, 6.45) is 0.715. The van der Waals surface area contributed by atoms with Crippen LogP contribution in [0.2, 0.25) is 0 Å². The minimum atomic E-state index is 0.175. The molecule has 1 N–H and O–H groups in total. The molecule has 0 aliphatic heterocycles. The van der Waals surface area contributed by atoms with Crippen LogP contribution in [0.15, 0.2) is 12.1 Å². The summed E-state index contributed by atoms with van der Waals surface area (Å²) in [5, 5.41) is 8.85. The van der Waals surface area contributed by atoms with Crippen LogP contribution in [0.5, 0.6) is 17.2 Å². The molecule has 18 heavy (non-hydrogen) atoms. The zero-order chi connectivity index (χ0) is 13.5. The van der Waals surface area contributed by atoms with Crippen molar-refractivity contribution in [1.82, 2.24) is 0 Å². The normalized spacial score (nSPS) is 10.1. The van der Waals surface area contributed by atoms with Crippen LogP contribution < -0.4 is 19.1 Å². The van der Waals surface area contributed by atoms with Crippen LogP contribution in [0.25, 0.3) is 0 Å². The number of rotatable bonds is 7. The molecule has 1 aromatic carbocycles. The molecule has 0 spiro atoms. The van der Waals surface area contributed by atoms with E-state index in [4.69, 9.17) is 19.3 Å². The third-order valence-corrected chi connectivity index (χ3v) is 2.74. The highest BCUT2D eigenvalue weighted by Crippen LogP contribution is 2.40. The average Bonchev–Trinajstić information content (AvgIpc) is 2.42. The number of ether oxygens (including phenoxy) is 3. The van der Waals surface area contributed by atoms with Gasteiger partial charge in [-0.15, -0.1) is 0 Å². The molecule has 5 heteroatoms. The molecule has 0 atom stereocenters. The molecule has 1 rings (SSSR count). The maximum absolute atomic E-state index is 8.85. The number of aliphatic hydroxyl groups excluding tert-OH is 1. The van der Waals surface area contributed by atoms with Gasteiger partial charge in [0, 0.05) is 38.0 Å². The molecule has 0 saturated carbocycles. The van der Waals surface area contributed by atoms with E-state index < -0.39 is 0 Å². The van der Waals surface area contributed by atoms with Gasteiger partial charge in [0.15, 0.2) is 11.5 Å². The molecular formula is C13H21NO4. The molecule has 1 aromatic rings. The standard InChI is InChI=1S/C13H21NO4/c1-14(6-5-7-15)10-8-11(16-2)13(18-4)12(9-10)17-3/h8-9,15H,5-7H2,1-4H3. The highest BCUT2D eigenvalue weighted by molar-refractivity contribution is 5.63. The van der Waals surface area contributed by atoms with Gasteiger partial charge in [0.05, 0.1) is 21.3 Å². The van der Waals surface area contributed by atoms with Crippen molar-refractivity contribution in [3.8, 4) is 17.2 Å². The van der Waals surface area contributed by atoms with Crippen molar-refractivity contribution in [3.63, 3.8) is 0 Å². The van der Waals surface area contributed by atoms with Crippen LogP contribution in [0.1, 0.15) is 6.42 Å². The highest BCUT2D eigenvalue weighted by atomic mass is 16.5. The lowest BCUT2D eigenvalue weighted by Gasteiger charge is -2.21. The molecule has 0 amide bonds. The predicted octanol–water partition coefficient (Wildman–Crippen LogP) is 1.53. The maximum atomic E-state index is 8.85. The van der Waals surface area contributed by atoms with E-state index in [2.05, 4.69) is 0 Å². The van der Waals surface area contributed by atoms with Crippen molar-refractivity contribution in [2.75, 3.05) is 46.4 Å². The highest BCUT2D eigenvalue weighted by Gasteiger charge is 2.14. The van der Waals surface area contributed by atoms with Gasteiger partial charge in [-0.1, -0.05) is 0 Å². The van der Waals surface area contributed by atoms with Gasteiger partial charge in [0.2, 0.25) is 5.75 Å². The minimum Gasteiger partial charge on any atom is -0.493 e. The van der Waals surface area contributed by atoms with E-state index in [-0.39, 0.29) is 6.61 Å². The molecular weight excluding hydrogens is 234 g/mol. The number of methoxy groups -OCH3 is 3. The third kappa shape index (κ3) is 3.20. The van der Waals surface area contributed by atoms with Crippen LogP contribution in [0.3, 0.4) is 0 Å². The lowest BCUT2D eigenvalue weighted by atomic mass is 10.2. The lowest BCUT2D eigenvalue weighted by molar-refractivity contribution is 0.290. The molecule has 0 bridgehead atoms. The van der Waals surface area contributed by atoms with Crippen LogP contribution >= 0.6 is 0 Å². The van der Waals surface area contributed by atoms with Gasteiger partial charge in [-0.2, -0.15) is 0 Å². The fourth-order valence-corrected chi connectivity index (χ4v) is 1.72. The summed E-state index contributed by atoms with van der Waals surface area (Å²) < 4.78 is 15.9. The van der Waals surface area contributed by atoms with E-state index in [1.807, 2.05) is 24.1 Å². The van der Waals surface area contributed by atoms with Crippen LogP contribution in [-0.4, -0.2) is 46.6 Å². The smallest absolute Gasteiger partial charge is 0.203 e. The zero-order valence-electron chi connectivity index (χ0n) is 11.4. The second-order valence-corrected chi connectivity index (χ2v) is 3.88. The molecule has 0 aliphatic rings. The minimum absolute atomic E-state index is 0.175. The summed E-state index contributed by atoms with van der Waals surface area (Å²) >= 11 is 0. The number of hydrogen-bond donors (Lipinski definition) is 1. The lowest BCUT2D eigenvalue weighted by Crippen LogP contribution is -2.19. The van der Waals surface area contributed by atoms with Crippen LogP contribution in [0.4, 0.5) is 5.69 Å². The molecule has 0 unspecified atom stereocenters. The summed E-state index contributed by atoms with van der Waals surface area (Å²) in [5.41, 5.74) is 0.956. The predicted molar refractivity (Wildman–Crippen MR) is 71.1 cm³/mol. The number of anilines is 1. The van der Waals surface area contributed by atoms with Crippen molar-refractivity contribution < 1.29 is 19.3 Å². The largest absolute Gasteiger partial charge is 0.493 e. The quantitative estimate of drug-likeness (QED) is 0.800. The van der Waals surface area contributed by atoms with Gasteiger partial charge in [0.25, 0.3) is 0 Å². The Kier molecular flexibility index (Phi) is 5.58. The first kappa shape index (κ1) is 14.4. The van der Waals surface area contributed by atoms with Crippen molar-refractivity contribution in [1.29, 1.82) is 0 Å². The Morgan fingerprint density at radius 1 is 1.06 bits per heavy atom. The summed E-state index contributed by atoms with van der Waals surface area (Å²) in [7, 11) is 6.72. The van der Waals surface area contributed by atoms with E-state index in [1.165, 1.54) is 0 Å². The van der Waals surface area contributed by atoms with E-state index in [0.29, 0.717) is 23.7 Å².